The van der Waals surface area contributed by atoms with Gasteiger partial charge in [0.15, 0.2) is 5.69 Å². The second-order valence-electron chi connectivity index (χ2n) is 7.78. The Balaban J connectivity index is 1.27. The molecule has 0 unspecified atom stereocenters. The predicted octanol–water partition coefficient (Wildman–Crippen LogP) is 2.65. The minimum absolute atomic E-state index is 0.182. The molecule has 0 aliphatic carbocycles. The van der Waals surface area contributed by atoms with Gasteiger partial charge in [-0.05, 0) is 30.7 Å². The molecule has 34 heavy (non-hydrogen) atoms. The molecule has 0 radical (unpaired) electrons. The average molecular weight is 498 g/mol. The number of halogens is 1. The van der Waals surface area contributed by atoms with Crippen LogP contribution in [0.5, 0.6) is 5.88 Å². The van der Waals surface area contributed by atoms with E-state index in [2.05, 4.69) is 25.6 Å². The fraction of sp³-hybridized carbons (Fsp3) is 0.227. The number of aryl methyl sites for hydroxylation is 1. The van der Waals surface area contributed by atoms with E-state index in [9.17, 15) is 9.59 Å². The van der Waals surface area contributed by atoms with Gasteiger partial charge in [-0.1, -0.05) is 23.7 Å². The fourth-order valence-electron chi connectivity index (χ4n) is 3.66. The molecular formula is C22H20ClN7O3S. The number of ether oxygens (including phenoxy) is 1. The number of nitrogens with one attached hydrogen (secondary N) is 2. The molecular weight excluding hydrogens is 478 g/mol. The van der Waals surface area contributed by atoms with Crippen LogP contribution < -0.4 is 26.7 Å². The first-order chi connectivity index (χ1) is 16.4. The molecule has 1 amide bonds. The lowest BCUT2D eigenvalue weighted by Gasteiger charge is -2.26. The van der Waals surface area contributed by atoms with E-state index < -0.39 is 0 Å². The van der Waals surface area contributed by atoms with Crippen LogP contribution in [0.15, 0.2) is 41.5 Å². The topological polar surface area (TPSA) is 137 Å². The van der Waals surface area contributed by atoms with Crippen LogP contribution in [0.4, 0.5) is 11.5 Å². The molecule has 3 aromatic heterocycles. The van der Waals surface area contributed by atoms with Gasteiger partial charge in [0.05, 0.1) is 18.0 Å². The number of fused-ring (bicyclic) bond motifs is 2. The summed E-state index contributed by atoms with van der Waals surface area (Å²) in [7, 11) is 0. The number of carbonyl (C=O) groups is 1. The lowest BCUT2D eigenvalue weighted by atomic mass is 10.1. The van der Waals surface area contributed by atoms with E-state index in [-0.39, 0.29) is 42.2 Å². The normalized spacial score (nSPS) is 14.8. The number of nitrogen functional groups attached to an aromatic ring is 1. The van der Waals surface area contributed by atoms with Gasteiger partial charge in [0.25, 0.3) is 5.56 Å². The van der Waals surface area contributed by atoms with Gasteiger partial charge in [0.1, 0.15) is 36.0 Å². The summed E-state index contributed by atoms with van der Waals surface area (Å²) in [5.41, 5.74) is 6.71. The second-order valence-corrected chi connectivity index (χ2v) is 9.33. The molecule has 1 aliphatic heterocycles. The Morgan fingerprint density at radius 1 is 1.35 bits per heavy atom. The molecule has 5 rings (SSSR count). The summed E-state index contributed by atoms with van der Waals surface area (Å²) in [6, 6.07) is 8.91. The number of aromatic nitrogens is 4. The van der Waals surface area contributed by atoms with Crippen molar-refractivity contribution in [2.24, 2.45) is 0 Å². The van der Waals surface area contributed by atoms with E-state index in [1.54, 1.807) is 19.1 Å². The number of benzene rings is 1. The fourth-order valence-corrected chi connectivity index (χ4v) is 4.81. The zero-order valence-corrected chi connectivity index (χ0v) is 19.6. The number of carbonyl (C=O) groups excluding carboxylic acids is 1. The zero-order valence-electron chi connectivity index (χ0n) is 18.0. The molecule has 10 nitrogen and oxygen atoms in total. The number of hydrogen-bond acceptors (Lipinski definition) is 9. The first kappa shape index (κ1) is 22.1. The Bertz CT molecular complexity index is 1450. The Morgan fingerprint density at radius 3 is 2.94 bits per heavy atom. The van der Waals surface area contributed by atoms with Crippen molar-refractivity contribution in [2.75, 3.05) is 17.7 Å². The van der Waals surface area contributed by atoms with Crippen LogP contribution in [0.25, 0.3) is 10.2 Å². The van der Waals surface area contributed by atoms with E-state index in [4.69, 9.17) is 22.1 Å². The number of nitrogens with two attached hydrogens (primary N) is 1. The molecule has 4 N–H and O–H groups in total. The molecule has 0 bridgehead atoms. The smallest absolute Gasteiger partial charge is 0.281 e. The summed E-state index contributed by atoms with van der Waals surface area (Å²) in [5, 5.41) is 7.38. The highest BCUT2D eigenvalue weighted by molar-refractivity contribution is 7.18. The Kier molecular flexibility index (Phi) is 5.80. The molecule has 0 saturated heterocycles. The van der Waals surface area contributed by atoms with E-state index in [0.29, 0.717) is 23.3 Å². The van der Waals surface area contributed by atoms with E-state index >= 15 is 0 Å². The third-order valence-corrected chi connectivity index (χ3v) is 6.62. The van der Waals surface area contributed by atoms with Crippen LogP contribution in [0.3, 0.4) is 0 Å². The summed E-state index contributed by atoms with van der Waals surface area (Å²) in [6.07, 6.45) is 1.31. The molecule has 1 aromatic carbocycles. The number of hydrogen-bond donors (Lipinski definition) is 3. The van der Waals surface area contributed by atoms with Gasteiger partial charge < -0.3 is 21.1 Å². The maximum absolute atomic E-state index is 13.0. The molecule has 1 aliphatic rings. The van der Waals surface area contributed by atoms with Gasteiger partial charge in [-0.15, -0.1) is 11.3 Å². The van der Waals surface area contributed by atoms with Gasteiger partial charge in [-0.25, -0.2) is 15.0 Å². The second kappa shape index (κ2) is 8.92. The van der Waals surface area contributed by atoms with E-state index in [0.717, 1.165) is 20.7 Å². The first-order valence-corrected chi connectivity index (χ1v) is 11.6. The minimum atomic E-state index is -0.390. The molecule has 1 atom stereocenters. The maximum Gasteiger partial charge on any atom is 0.281 e. The molecule has 0 saturated carbocycles. The average Bonchev–Trinajstić information content (AvgIpc) is 3.23. The lowest BCUT2D eigenvalue weighted by molar-refractivity contribution is -0.121. The van der Waals surface area contributed by atoms with Crippen LogP contribution in [-0.4, -0.2) is 32.0 Å². The van der Waals surface area contributed by atoms with Gasteiger partial charge >= 0.3 is 0 Å². The highest BCUT2D eigenvalue weighted by atomic mass is 35.5. The molecule has 4 aromatic rings. The van der Waals surface area contributed by atoms with Crippen molar-refractivity contribution in [3.8, 4) is 5.88 Å². The number of anilines is 2. The largest absolute Gasteiger partial charge is 0.473 e. The predicted molar refractivity (Wildman–Crippen MR) is 130 cm³/mol. The van der Waals surface area contributed by atoms with Gasteiger partial charge in [-0.2, -0.15) is 0 Å². The monoisotopic (exact) mass is 497 g/mol. The summed E-state index contributed by atoms with van der Waals surface area (Å²) >= 11 is 7.39. The van der Waals surface area contributed by atoms with Crippen molar-refractivity contribution in [1.82, 2.24) is 24.8 Å². The van der Waals surface area contributed by atoms with Crippen molar-refractivity contribution < 1.29 is 9.53 Å². The standard InChI is InChI=1S/C22H20ClN7O3S/c1-11-27-19(24)15-6-14(34-21(15)28-11)7-25-17(31)8-30-10-26-20-18(22(30)32)29-16(9-33-20)12-2-4-13(23)5-3-12/h2-6,10,16,29H,7-9H2,1H3,(H,25,31)(H2,24,27,28)/t16-/m0/s1. The zero-order chi connectivity index (χ0) is 23.8. The lowest BCUT2D eigenvalue weighted by Crippen LogP contribution is -2.36. The van der Waals surface area contributed by atoms with Crippen LogP contribution >= 0.6 is 22.9 Å². The van der Waals surface area contributed by atoms with Crippen LogP contribution in [0, 0.1) is 6.92 Å². The van der Waals surface area contributed by atoms with Crippen molar-refractivity contribution >= 4 is 50.6 Å². The Labute approximate surface area is 202 Å². The number of amides is 1. The summed E-state index contributed by atoms with van der Waals surface area (Å²) < 4.78 is 6.92. The van der Waals surface area contributed by atoms with Crippen LogP contribution in [0.1, 0.15) is 22.3 Å². The molecule has 12 heteroatoms. The number of rotatable bonds is 5. The highest BCUT2D eigenvalue weighted by Crippen LogP contribution is 2.30. The highest BCUT2D eigenvalue weighted by Gasteiger charge is 2.25. The third kappa shape index (κ3) is 4.39. The SMILES string of the molecule is Cc1nc(N)c2cc(CNC(=O)Cn3cnc4c(c3=O)N[C@H](c3ccc(Cl)cc3)CO4)sc2n1. The van der Waals surface area contributed by atoms with Gasteiger partial charge in [0.2, 0.25) is 11.8 Å². The minimum Gasteiger partial charge on any atom is -0.473 e. The maximum atomic E-state index is 13.0. The molecule has 0 fully saturated rings. The summed E-state index contributed by atoms with van der Waals surface area (Å²) in [5.74, 6) is 0.890. The van der Waals surface area contributed by atoms with Crippen molar-refractivity contribution in [2.45, 2.75) is 26.1 Å². The summed E-state index contributed by atoms with van der Waals surface area (Å²) in [4.78, 5) is 39.9. The first-order valence-electron chi connectivity index (χ1n) is 10.4. The molecule has 0 spiro atoms. The number of thiophene rings is 1. The van der Waals surface area contributed by atoms with Crippen molar-refractivity contribution in [3.05, 3.63) is 68.3 Å². The van der Waals surface area contributed by atoms with Gasteiger partial charge in [0, 0.05) is 9.90 Å². The molecule has 4 heterocycles. The van der Waals surface area contributed by atoms with Crippen LogP contribution in [0.2, 0.25) is 5.02 Å². The van der Waals surface area contributed by atoms with Crippen molar-refractivity contribution in [3.63, 3.8) is 0 Å². The van der Waals surface area contributed by atoms with Gasteiger partial charge in [-0.3, -0.25) is 14.2 Å². The molecule has 174 valence electrons. The van der Waals surface area contributed by atoms with Crippen LogP contribution in [-0.2, 0) is 17.9 Å². The van der Waals surface area contributed by atoms with E-state index in [1.165, 1.54) is 22.2 Å². The van der Waals surface area contributed by atoms with Crippen molar-refractivity contribution in [1.29, 1.82) is 0 Å². The van der Waals surface area contributed by atoms with E-state index in [1.807, 2.05) is 18.2 Å². The quantitative estimate of drug-likeness (QED) is 0.382. The third-order valence-electron chi connectivity index (χ3n) is 5.34. The summed E-state index contributed by atoms with van der Waals surface area (Å²) in [6.45, 7) is 2.19. The Morgan fingerprint density at radius 2 is 2.15 bits per heavy atom. The number of nitrogens with zero attached hydrogens (tertiary/aromatic N) is 4. The Hall–Kier alpha value is -3.70.